The van der Waals surface area contributed by atoms with Gasteiger partial charge in [0.15, 0.2) is 0 Å². The molecule has 0 aromatic heterocycles. The SMILES string of the molecule is COCc1ccccc1C(O)C1CCOC1. The molecule has 88 valence electrons. The van der Waals surface area contributed by atoms with Crippen molar-refractivity contribution in [1.29, 1.82) is 0 Å². The first kappa shape index (κ1) is 11.6. The van der Waals surface area contributed by atoms with Crippen LogP contribution in [0.4, 0.5) is 0 Å². The molecule has 1 heterocycles. The summed E-state index contributed by atoms with van der Waals surface area (Å²) in [5, 5.41) is 10.3. The first-order valence-corrected chi connectivity index (χ1v) is 5.65. The van der Waals surface area contributed by atoms with E-state index in [2.05, 4.69) is 0 Å². The van der Waals surface area contributed by atoms with Crippen molar-refractivity contribution in [1.82, 2.24) is 0 Å². The molecule has 3 nitrogen and oxygen atoms in total. The van der Waals surface area contributed by atoms with Gasteiger partial charge in [-0.05, 0) is 17.5 Å². The van der Waals surface area contributed by atoms with E-state index in [-0.39, 0.29) is 5.92 Å². The summed E-state index contributed by atoms with van der Waals surface area (Å²) in [6, 6.07) is 7.89. The average molecular weight is 222 g/mol. The van der Waals surface area contributed by atoms with Gasteiger partial charge in [0.1, 0.15) is 0 Å². The van der Waals surface area contributed by atoms with Gasteiger partial charge in [-0.2, -0.15) is 0 Å². The van der Waals surface area contributed by atoms with Gasteiger partial charge in [-0.3, -0.25) is 0 Å². The maximum Gasteiger partial charge on any atom is 0.0844 e. The predicted octanol–water partition coefficient (Wildman–Crippen LogP) is 1.90. The molecule has 0 saturated carbocycles. The highest BCUT2D eigenvalue weighted by atomic mass is 16.5. The second kappa shape index (κ2) is 5.43. The normalized spacial score (nSPS) is 22.2. The van der Waals surface area contributed by atoms with Gasteiger partial charge in [-0.15, -0.1) is 0 Å². The van der Waals surface area contributed by atoms with Crippen LogP contribution in [0.1, 0.15) is 23.7 Å². The third kappa shape index (κ3) is 2.43. The van der Waals surface area contributed by atoms with E-state index < -0.39 is 6.10 Å². The molecule has 0 bridgehead atoms. The summed E-state index contributed by atoms with van der Waals surface area (Å²) in [5.41, 5.74) is 2.03. The zero-order chi connectivity index (χ0) is 11.4. The molecular formula is C13H18O3. The highest BCUT2D eigenvalue weighted by Gasteiger charge is 2.26. The summed E-state index contributed by atoms with van der Waals surface area (Å²) in [6.07, 6.45) is 0.497. The molecule has 3 heteroatoms. The maximum absolute atomic E-state index is 10.3. The summed E-state index contributed by atoms with van der Waals surface area (Å²) >= 11 is 0. The molecule has 1 saturated heterocycles. The standard InChI is InChI=1S/C13H18O3/c1-15-8-10-4-2-3-5-12(10)13(14)11-6-7-16-9-11/h2-5,11,13-14H,6-9H2,1H3. The minimum Gasteiger partial charge on any atom is -0.388 e. The summed E-state index contributed by atoms with van der Waals surface area (Å²) < 4.78 is 10.4. The fourth-order valence-electron chi connectivity index (χ4n) is 2.17. The summed E-state index contributed by atoms with van der Waals surface area (Å²) in [5.74, 6) is 0.220. The van der Waals surface area contributed by atoms with Gasteiger partial charge in [-0.25, -0.2) is 0 Å². The number of ether oxygens (including phenoxy) is 2. The molecule has 1 N–H and O–H groups in total. The molecule has 0 aliphatic carbocycles. The van der Waals surface area contributed by atoms with Gasteiger partial charge in [-0.1, -0.05) is 24.3 Å². The fraction of sp³-hybridized carbons (Fsp3) is 0.538. The molecule has 0 radical (unpaired) electrons. The Labute approximate surface area is 96.0 Å². The van der Waals surface area contributed by atoms with Gasteiger partial charge in [0.05, 0.1) is 19.3 Å². The monoisotopic (exact) mass is 222 g/mol. The van der Waals surface area contributed by atoms with E-state index in [9.17, 15) is 5.11 Å². The Bertz CT molecular complexity index is 332. The smallest absolute Gasteiger partial charge is 0.0844 e. The van der Waals surface area contributed by atoms with Crippen LogP contribution in [0.15, 0.2) is 24.3 Å². The number of hydrogen-bond acceptors (Lipinski definition) is 3. The molecule has 0 amide bonds. The van der Waals surface area contributed by atoms with Crippen LogP contribution in [0.2, 0.25) is 0 Å². The minimum atomic E-state index is -0.436. The molecule has 2 unspecified atom stereocenters. The van der Waals surface area contributed by atoms with Crippen LogP contribution < -0.4 is 0 Å². The molecule has 1 aromatic carbocycles. The second-order valence-electron chi connectivity index (χ2n) is 4.20. The lowest BCUT2D eigenvalue weighted by molar-refractivity contribution is 0.0887. The van der Waals surface area contributed by atoms with Crippen molar-refractivity contribution in [3.63, 3.8) is 0 Å². The van der Waals surface area contributed by atoms with Crippen molar-refractivity contribution >= 4 is 0 Å². The van der Waals surface area contributed by atoms with Crippen LogP contribution in [0, 0.1) is 5.92 Å². The van der Waals surface area contributed by atoms with Crippen molar-refractivity contribution in [3.05, 3.63) is 35.4 Å². The zero-order valence-electron chi connectivity index (χ0n) is 9.56. The molecule has 1 aromatic rings. The first-order valence-electron chi connectivity index (χ1n) is 5.65. The molecule has 1 fully saturated rings. The highest BCUT2D eigenvalue weighted by Crippen LogP contribution is 2.30. The Morgan fingerprint density at radius 2 is 2.31 bits per heavy atom. The van der Waals surface area contributed by atoms with E-state index in [4.69, 9.17) is 9.47 Å². The van der Waals surface area contributed by atoms with Crippen LogP contribution >= 0.6 is 0 Å². The number of aliphatic hydroxyl groups excluding tert-OH is 1. The molecule has 2 atom stereocenters. The Balaban J connectivity index is 2.17. The first-order chi connectivity index (χ1) is 7.83. The van der Waals surface area contributed by atoms with Crippen molar-refractivity contribution in [3.8, 4) is 0 Å². The Hall–Kier alpha value is -0.900. The number of rotatable bonds is 4. The number of aliphatic hydroxyl groups is 1. The van der Waals surface area contributed by atoms with Gasteiger partial charge >= 0.3 is 0 Å². The molecule has 0 spiro atoms. The van der Waals surface area contributed by atoms with Gasteiger partial charge in [0, 0.05) is 19.6 Å². The maximum atomic E-state index is 10.3. The van der Waals surface area contributed by atoms with E-state index in [1.165, 1.54) is 0 Å². The van der Waals surface area contributed by atoms with Gasteiger partial charge < -0.3 is 14.6 Å². The molecule has 2 rings (SSSR count). The van der Waals surface area contributed by atoms with Crippen LogP contribution in [0.25, 0.3) is 0 Å². The summed E-state index contributed by atoms with van der Waals surface area (Å²) in [4.78, 5) is 0. The largest absolute Gasteiger partial charge is 0.388 e. The highest BCUT2D eigenvalue weighted by molar-refractivity contribution is 5.29. The average Bonchev–Trinajstić information content (AvgIpc) is 2.83. The third-order valence-electron chi connectivity index (χ3n) is 3.09. The van der Waals surface area contributed by atoms with Gasteiger partial charge in [0.2, 0.25) is 0 Å². The number of hydrogen-bond donors (Lipinski definition) is 1. The molecular weight excluding hydrogens is 204 g/mol. The van der Waals surface area contributed by atoms with Gasteiger partial charge in [0.25, 0.3) is 0 Å². The zero-order valence-corrected chi connectivity index (χ0v) is 9.56. The lowest BCUT2D eigenvalue weighted by Crippen LogP contribution is -2.14. The van der Waals surface area contributed by atoms with E-state index in [1.807, 2.05) is 24.3 Å². The van der Waals surface area contributed by atoms with Crippen LogP contribution in [0.5, 0.6) is 0 Å². The van der Waals surface area contributed by atoms with Crippen molar-refractivity contribution in [2.75, 3.05) is 20.3 Å². The molecule has 1 aliphatic heterocycles. The van der Waals surface area contributed by atoms with E-state index >= 15 is 0 Å². The Morgan fingerprint density at radius 3 is 3.00 bits per heavy atom. The van der Waals surface area contributed by atoms with Crippen molar-refractivity contribution in [2.24, 2.45) is 5.92 Å². The third-order valence-corrected chi connectivity index (χ3v) is 3.09. The van der Waals surface area contributed by atoms with Crippen LogP contribution in [-0.4, -0.2) is 25.4 Å². The van der Waals surface area contributed by atoms with Crippen molar-refractivity contribution in [2.45, 2.75) is 19.1 Å². The number of methoxy groups -OCH3 is 1. The Morgan fingerprint density at radius 1 is 1.50 bits per heavy atom. The Kier molecular flexibility index (Phi) is 3.93. The fourth-order valence-corrected chi connectivity index (χ4v) is 2.17. The lowest BCUT2D eigenvalue weighted by atomic mass is 9.92. The number of benzene rings is 1. The predicted molar refractivity (Wildman–Crippen MR) is 61.0 cm³/mol. The van der Waals surface area contributed by atoms with Crippen LogP contribution in [-0.2, 0) is 16.1 Å². The van der Waals surface area contributed by atoms with E-state index in [0.717, 1.165) is 24.2 Å². The topological polar surface area (TPSA) is 38.7 Å². The van der Waals surface area contributed by atoms with E-state index in [0.29, 0.717) is 13.2 Å². The summed E-state index contributed by atoms with van der Waals surface area (Å²) in [7, 11) is 1.67. The minimum absolute atomic E-state index is 0.220. The molecule has 1 aliphatic rings. The summed E-state index contributed by atoms with van der Waals surface area (Å²) in [6.45, 7) is 1.96. The lowest BCUT2D eigenvalue weighted by Gasteiger charge is -2.19. The second-order valence-corrected chi connectivity index (χ2v) is 4.20. The molecule has 16 heavy (non-hydrogen) atoms. The van der Waals surface area contributed by atoms with Crippen LogP contribution in [0.3, 0.4) is 0 Å². The van der Waals surface area contributed by atoms with Crippen molar-refractivity contribution < 1.29 is 14.6 Å². The quantitative estimate of drug-likeness (QED) is 0.845. The van der Waals surface area contributed by atoms with E-state index in [1.54, 1.807) is 7.11 Å².